The second-order valence-corrected chi connectivity index (χ2v) is 10.9. The lowest BCUT2D eigenvalue weighted by molar-refractivity contribution is -0.137. The Labute approximate surface area is 190 Å². The molecule has 0 saturated carbocycles. The van der Waals surface area contributed by atoms with E-state index in [1.165, 1.54) is 13.8 Å². The van der Waals surface area contributed by atoms with Crippen LogP contribution in [0.2, 0.25) is 0 Å². The van der Waals surface area contributed by atoms with Crippen LogP contribution >= 0.6 is 0 Å². The highest BCUT2D eigenvalue weighted by atomic mass is 32.2. The second kappa shape index (κ2) is 7.96. The monoisotopic (exact) mass is 508 g/mol. The second-order valence-electron chi connectivity index (χ2n) is 8.33. The molecule has 3 rings (SSSR count). The van der Waals surface area contributed by atoms with Gasteiger partial charge in [-0.2, -0.15) is 13.2 Å². The van der Waals surface area contributed by atoms with Crippen molar-refractivity contribution in [3.8, 4) is 0 Å². The average molecular weight is 508 g/mol. The molecule has 3 N–H and O–H groups in total. The van der Waals surface area contributed by atoms with Crippen molar-refractivity contribution in [2.24, 2.45) is 10.7 Å². The molecule has 184 valence electrons. The molecule has 1 atom stereocenters. The number of amides is 1. The Balaban J connectivity index is 2.06. The highest BCUT2D eigenvalue weighted by molar-refractivity contribution is 7.93. The number of nitrogens with two attached hydrogens (primary N) is 1. The number of aromatic nitrogens is 1. The summed E-state index contributed by atoms with van der Waals surface area (Å²) >= 11 is 0. The third-order valence-electron chi connectivity index (χ3n) is 5.50. The Hall–Kier alpha value is -3.16. The maximum Gasteiger partial charge on any atom is 0.417 e. The van der Waals surface area contributed by atoms with E-state index in [0.717, 1.165) is 6.92 Å². The van der Waals surface area contributed by atoms with E-state index < -0.39 is 83.8 Å². The van der Waals surface area contributed by atoms with Gasteiger partial charge >= 0.3 is 6.18 Å². The van der Waals surface area contributed by atoms with E-state index in [9.17, 15) is 35.2 Å². The zero-order chi connectivity index (χ0) is 25.9. The summed E-state index contributed by atoms with van der Waals surface area (Å²) in [5.41, 5.74) is -0.144. The van der Waals surface area contributed by atoms with Crippen molar-refractivity contribution in [1.82, 2.24) is 4.98 Å². The van der Waals surface area contributed by atoms with E-state index in [0.29, 0.717) is 24.4 Å². The van der Waals surface area contributed by atoms with Gasteiger partial charge in [0.25, 0.3) is 5.91 Å². The average Bonchev–Trinajstić information content (AvgIpc) is 2.69. The first kappa shape index (κ1) is 25.5. The van der Waals surface area contributed by atoms with E-state index in [1.807, 2.05) is 5.32 Å². The van der Waals surface area contributed by atoms with Crippen LogP contribution in [0, 0.1) is 17.5 Å². The number of halogens is 6. The molecule has 2 aromatic rings. The van der Waals surface area contributed by atoms with Gasteiger partial charge < -0.3 is 11.1 Å². The van der Waals surface area contributed by atoms with E-state index >= 15 is 4.39 Å². The number of rotatable bonds is 3. The predicted molar refractivity (Wildman–Crippen MR) is 110 cm³/mol. The van der Waals surface area contributed by atoms with Crippen LogP contribution in [0.25, 0.3) is 0 Å². The maximum atomic E-state index is 15.3. The van der Waals surface area contributed by atoms with E-state index in [1.54, 1.807) is 0 Å². The summed E-state index contributed by atoms with van der Waals surface area (Å²) in [6.45, 7) is 3.54. The van der Waals surface area contributed by atoms with Crippen molar-refractivity contribution in [3.05, 3.63) is 58.7 Å². The molecule has 1 aliphatic rings. The first-order valence-electron chi connectivity index (χ1n) is 9.51. The Morgan fingerprint density at radius 2 is 1.74 bits per heavy atom. The number of amidine groups is 1. The number of alkyl halides is 3. The predicted octanol–water partition coefficient (Wildman–Crippen LogP) is 3.55. The number of pyridine rings is 1. The summed E-state index contributed by atoms with van der Waals surface area (Å²) in [7, 11) is -4.11. The molecule has 1 aromatic carbocycles. The minimum absolute atomic E-state index is 0.299. The molecule has 0 saturated heterocycles. The summed E-state index contributed by atoms with van der Waals surface area (Å²) in [4.78, 5) is 19.6. The molecule has 1 unspecified atom stereocenters. The molecule has 2 heterocycles. The number of aliphatic imine (C=N–C) groups is 1. The maximum absolute atomic E-state index is 15.3. The van der Waals surface area contributed by atoms with Gasteiger partial charge in [-0.1, -0.05) is 0 Å². The molecule has 0 aliphatic carbocycles. The van der Waals surface area contributed by atoms with E-state index in [4.69, 9.17) is 5.73 Å². The first-order chi connectivity index (χ1) is 15.4. The lowest BCUT2D eigenvalue weighted by atomic mass is 9.91. The summed E-state index contributed by atoms with van der Waals surface area (Å²) < 4.78 is 106. The number of nitrogens with zero attached hydrogens (tertiary/aromatic N) is 2. The van der Waals surface area contributed by atoms with Gasteiger partial charge in [0.15, 0.2) is 27.3 Å². The summed E-state index contributed by atoms with van der Waals surface area (Å²) in [6, 6.07) is 1.56. The molecule has 0 spiro atoms. The number of sulfone groups is 1. The summed E-state index contributed by atoms with van der Waals surface area (Å²) in [5, 5.41) is 1.90. The Bertz CT molecular complexity index is 1310. The number of carbonyl (C=O) groups excluding carboxylic acids is 1. The molecule has 1 aromatic heterocycles. The molecular formula is C20H18F6N4O3S. The number of anilines is 1. The highest BCUT2D eigenvalue weighted by Gasteiger charge is 2.51. The number of hydrogen-bond acceptors (Lipinski definition) is 6. The fraction of sp³-hybridized carbons (Fsp3) is 0.350. The first-order valence-corrected chi connectivity index (χ1v) is 11.2. The van der Waals surface area contributed by atoms with Crippen LogP contribution in [0.5, 0.6) is 0 Å². The van der Waals surface area contributed by atoms with Crippen LogP contribution in [-0.2, 0) is 21.6 Å². The number of hydrogen-bond donors (Lipinski definition) is 2. The van der Waals surface area contributed by atoms with Gasteiger partial charge in [0.2, 0.25) is 0 Å². The summed E-state index contributed by atoms with van der Waals surface area (Å²) in [6.07, 6.45) is -4.34. The van der Waals surface area contributed by atoms with Crippen molar-refractivity contribution in [1.29, 1.82) is 0 Å². The van der Waals surface area contributed by atoms with Gasteiger partial charge in [-0.05, 0) is 32.9 Å². The van der Waals surface area contributed by atoms with Gasteiger partial charge in [0.1, 0.15) is 21.8 Å². The smallest absolute Gasteiger partial charge is 0.386 e. The number of carbonyl (C=O) groups is 1. The standard InChI is InChI=1S/C20H18F6N4O3S/c1-18(2)17(27)30-19(3,8-34(18,32)33)13-14(22)10(21)6-12(15(13)23)29-16(31)11-5-4-9(7-28-11)20(24,25)26/h4-7H,8H2,1-3H3,(H2,27,30)(H,29,31). The quantitative estimate of drug-likeness (QED) is 0.486. The zero-order valence-corrected chi connectivity index (χ0v) is 18.7. The van der Waals surface area contributed by atoms with Gasteiger partial charge in [-0.3, -0.25) is 14.8 Å². The molecule has 7 nitrogen and oxygen atoms in total. The topological polar surface area (TPSA) is 115 Å². The molecule has 1 aliphatic heterocycles. The fourth-order valence-corrected chi connectivity index (χ4v) is 4.99. The van der Waals surface area contributed by atoms with Crippen LogP contribution in [0.1, 0.15) is 42.4 Å². The molecule has 34 heavy (non-hydrogen) atoms. The molecule has 0 fully saturated rings. The van der Waals surface area contributed by atoms with Gasteiger partial charge in [-0.25, -0.2) is 21.6 Å². The lowest BCUT2D eigenvalue weighted by Gasteiger charge is -2.38. The minimum Gasteiger partial charge on any atom is -0.386 e. The van der Waals surface area contributed by atoms with Crippen LogP contribution in [0.4, 0.5) is 32.0 Å². The van der Waals surface area contributed by atoms with Crippen molar-refractivity contribution in [3.63, 3.8) is 0 Å². The molecule has 0 radical (unpaired) electrons. The third kappa shape index (κ3) is 4.21. The van der Waals surface area contributed by atoms with Crippen LogP contribution in [0.15, 0.2) is 29.4 Å². The van der Waals surface area contributed by atoms with Crippen molar-refractivity contribution < 1.29 is 39.6 Å². The van der Waals surface area contributed by atoms with Crippen molar-refractivity contribution in [2.45, 2.75) is 37.2 Å². The third-order valence-corrected chi connectivity index (χ3v) is 8.21. The molecular weight excluding hydrogens is 490 g/mol. The van der Waals surface area contributed by atoms with Gasteiger partial charge in [-0.15, -0.1) is 0 Å². The van der Waals surface area contributed by atoms with Crippen LogP contribution in [0.3, 0.4) is 0 Å². The SMILES string of the molecule is CC1(c2c(F)c(F)cc(NC(=O)c3ccc(C(F)(F)F)cn3)c2F)CS(=O)(=O)C(C)(C)C(N)=N1. The highest BCUT2D eigenvalue weighted by Crippen LogP contribution is 2.41. The number of benzene rings is 1. The Kier molecular flexibility index (Phi) is 5.96. The Morgan fingerprint density at radius 1 is 1.12 bits per heavy atom. The largest absolute Gasteiger partial charge is 0.417 e. The number of nitrogens with one attached hydrogen (secondary N) is 1. The summed E-state index contributed by atoms with van der Waals surface area (Å²) in [5.74, 6) is -7.51. The minimum atomic E-state index is -4.71. The van der Waals surface area contributed by atoms with Crippen LogP contribution in [-0.4, -0.2) is 35.6 Å². The molecule has 1 amide bonds. The van der Waals surface area contributed by atoms with Crippen LogP contribution < -0.4 is 11.1 Å². The lowest BCUT2D eigenvalue weighted by Crippen LogP contribution is -2.55. The van der Waals surface area contributed by atoms with Crippen molar-refractivity contribution >= 4 is 27.3 Å². The fourth-order valence-electron chi connectivity index (χ4n) is 3.32. The van der Waals surface area contributed by atoms with Crippen molar-refractivity contribution in [2.75, 3.05) is 11.1 Å². The zero-order valence-electron chi connectivity index (χ0n) is 17.9. The van der Waals surface area contributed by atoms with E-state index in [2.05, 4.69) is 9.98 Å². The Morgan fingerprint density at radius 3 is 2.24 bits per heavy atom. The van der Waals surface area contributed by atoms with Gasteiger partial charge in [0, 0.05) is 12.3 Å². The molecule has 14 heteroatoms. The van der Waals surface area contributed by atoms with Gasteiger partial charge in [0.05, 0.1) is 22.6 Å². The van der Waals surface area contributed by atoms with E-state index in [-0.39, 0.29) is 0 Å². The molecule has 0 bridgehead atoms. The normalized spacial score (nSPS) is 21.6.